The van der Waals surface area contributed by atoms with Crippen molar-refractivity contribution < 1.29 is 14.3 Å². The highest BCUT2D eigenvalue weighted by Gasteiger charge is 2.35. The Kier molecular flexibility index (Phi) is 5.78. The van der Waals surface area contributed by atoms with Crippen LogP contribution in [-0.2, 0) is 6.54 Å². The molecule has 3 heterocycles. The summed E-state index contributed by atoms with van der Waals surface area (Å²) in [4.78, 5) is 31.9. The fraction of sp³-hybridized carbons (Fsp3) is 0.250. The van der Waals surface area contributed by atoms with Gasteiger partial charge in [0.05, 0.1) is 24.0 Å². The highest BCUT2D eigenvalue weighted by molar-refractivity contribution is 9.10. The molecule has 2 aromatic carbocycles. The molecule has 0 aliphatic carbocycles. The lowest BCUT2D eigenvalue weighted by atomic mass is 9.91. The first kappa shape index (κ1) is 22.4. The second kappa shape index (κ2) is 8.77. The van der Waals surface area contributed by atoms with E-state index in [2.05, 4.69) is 26.0 Å². The van der Waals surface area contributed by atoms with Crippen LogP contribution in [0.5, 0.6) is 0 Å². The van der Waals surface area contributed by atoms with Gasteiger partial charge in [0, 0.05) is 23.1 Å². The molecule has 8 nitrogen and oxygen atoms in total. The van der Waals surface area contributed by atoms with E-state index in [0.29, 0.717) is 48.2 Å². The van der Waals surface area contributed by atoms with Gasteiger partial charge in [-0.1, -0.05) is 15.9 Å². The van der Waals surface area contributed by atoms with Crippen molar-refractivity contribution in [3.63, 3.8) is 0 Å². The number of nitrogens with zero attached hydrogens (tertiary/aromatic N) is 5. The molecule has 1 saturated heterocycles. The number of amides is 1. The first-order valence-electron chi connectivity index (χ1n) is 10.8. The number of hydrogen-bond donors (Lipinski definition) is 1. The van der Waals surface area contributed by atoms with Gasteiger partial charge >= 0.3 is 0 Å². The number of rotatable bonds is 4. The molecule has 0 radical (unpaired) electrons. The second-order valence-electron chi connectivity index (χ2n) is 8.47. The van der Waals surface area contributed by atoms with Crippen LogP contribution in [0.3, 0.4) is 0 Å². The highest BCUT2D eigenvalue weighted by Crippen LogP contribution is 2.25. The zero-order valence-electron chi connectivity index (χ0n) is 18.1. The van der Waals surface area contributed by atoms with E-state index in [1.807, 2.05) is 12.1 Å². The Morgan fingerprint density at radius 2 is 1.76 bits per heavy atom. The Morgan fingerprint density at radius 3 is 2.44 bits per heavy atom. The quantitative estimate of drug-likeness (QED) is 0.441. The molecule has 0 bridgehead atoms. The number of aliphatic hydroxyl groups is 1. The van der Waals surface area contributed by atoms with Crippen molar-refractivity contribution in [1.82, 2.24) is 24.2 Å². The van der Waals surface area contributed by atoms with Gasteiger partial charge in [0.1, 0.15) is 17.5 Å². The van der Waals surface area contributed by atoms with Crippen molar-refractivity contribution in [1.29, 1.82) is 0 Å². The number of carbonyl (C=O) groups is 1. The molecule has 0 atom stereocenters. The third kappa shape index (κ3) is 4.26. The topological polar surface area (TPSA) is 93.2 Å². The van der Waals surface area contributed by atoms with Gasteiger partial charge in [-0.25, -0.2) is 14.1 Å². The molecular weight excluding hydrogens is 505 g/mol. The van der Waals surface area contributed by atoms with Crippen molar-refractivity contribution in [3.05, 3.63) is 87.3 Å². The fourth-order valence-corrected chi connectivity index (χ4v) is 4.47. The molecule has 2 aromatic heterocycles. The van der Waals surface area contributed by atoms with Crippen LogP contribution in [0.1, 0.15) is 23.2 Å². The molecule has 1 amide bonds. The maximum Gasteiger partial charge on any atom is 0.264 e. The van der Waals surface area contributed by atoms with Crippen LogP contribution in [0.4, 0.5) is 4.39 Å². The van der Waals surface area contributed by atoms with Gasteiger partial charge in [-0.05, 0) is 61.4 Å². The van der Waals surface area contributed by atoms with E-state index < -0.39 is 5.60 Å². The number of halogens is 2. The third-order valence-corrected chi connectivity index (χ3v) is 6.69. The first-order chi connectivity index (χ1) is 16.3. The van der Waals surface area contributed by atoms with Crippen LogP contribution < -0.4 is 5.56 Å². The lowest BCUT2D eigenvalue weighted by Gasteiger charge is -2.38. The number of likely N-dealkylation sites (tertiary alicyclic amines) is 1. The summed E-state index contributed by atoms with van der Waals surface area (Å²) in [5.41, 5.74) is 0.0814. The van der Waals surface area contributed by atoms with Crippen molar-refractivity contribution in [2.24, 2.45) is 0 Å². The molecule has 0 spiro atoms. The summed E-state index contributed by atoms with van der Waals surface area (Å²) < 4.78 is 17.0. The smallest absolute Gasteiger partial charge is 0.264 e. The number of piperidine rings is 1. The van der Waals surface area contributed by atoms with Crippen LogP contribution in [0.15, 0.2) is 70.3 Å². The molecule has 1 fully saturated rings. The van der Waals surface area contributed by atoms with Gasteiger partial charge in [0.15, 0.2) is 5.65 Å². The Hall–Kier alpha value is -3.37. The van der Waals surface area contributed by atoms with E-state index in [1.54, 1.807) is 29.2 Å². The van der Waals surface area contributed by atoms with E-state index in [0.717, 1.165) is 4.47 Å². The molecule has 5 rings (SSSR count). The molecule has 34 heavy (non-hydrogen) atoms. The summed E-state index contributed by atoms with van der Waals surface area (Å²) in [6.07, 6.45) is 3.50. The second-order valence-corrected chi connectivity index (χ2v) is 9.39. The van der Waals surface area contributed by atoms with Gasteiger partial charge in [-0.15, -0.1) is 0 Å². The highest BCUT2D eigenvalue weighted by atomic mass is 79.9. The third-order valence-electron chi connectivity index (χ3n) is 6.16. The van der Waals surface area contributed by atoms with Gasteiger partial charge in [-0.2, -0.15) is 5.10 Å². The van der Waals surface area contributed by atoms with Crippen molar-refractivity contribution in [2.75, 3.05) is 13.1 Å². The van der Waals surface area contributed by atoms with Crippen molar-refractivity contribution in [2.45, 2.75) is 25.0 Å². The predicted octanol–water partition coefficient (Wildman–Crippen LogP) is 3.15. The lowest BCUT2D eigenvalue weighted by molar-refractivity contribution is -0.0299. The average molecular weight is 526 g/mol. The van der Waals surface area contributed by atoms with E-state index in [9.17, 15) is 19.1 Å². The van der Waals surface area contributed by atoms with Gasteiger partial charge in [0.25, 0.3) is 11.5 Å². The number of aromatic nitrogens is 4. The number of benzene rings is 2. The summed E-state index contributed by atoms with van der Waals surface area (Å²) in [6.45, 7) is 0.841. The summed E-state index contributed by atoms with van der Waals surface area (Å²) in [7, 11) is 0. The minimum Gasteiger partial charge on any atom is -0.388 e. The maximum absolute atomic E-state index is 13.2. The van der Waals surface area contributed by atoms with E-state index >= 15 is 0 Å². The maximum atomic E-state index is 13.2. The summed E-state index contributed by atoms with van der Waals surface area (Å²) in [6, 6.07) is 12.9. The Morgan fingerprint density at radius 1 is 1.09 bits per heavy atom. The zero-order chi connectivity index (χ0) is 23.9. The van der Waals surface area contributed by atoms with Crippen LogP contribution in [0, 0.1) is 5.82 Å². The number of fused-ring (bicyclic) bond motifs is 1. The molecular formula is C24H21BrFN5O3. The normalized spacial score (nSPS) is 15.6. The van der Waals surface area contributed by atoms with Crippen LogP contribution in [0.2, 0.25) is 0 Å². The Balaban J connectivity index is 1.32. The predicted molar refractivity (Wildman–Crippen MR) is 127 cm³/mol. The molecule has 1 aliphatic heterocycles. The lowest BCUT2D eigenvalue weighted by Crippen LogP contribution is -2.49. The molecule has 10 heteroatoms. The Bertz CT molecular complexity index is 1410. The molecule has 1 aliphatic rings. The fourth-order valence-electron chi connectivity index (χ4n) is 4.21. The summed E-state index contributed by atoms with van der Waals surface area (Å²) in [5.74, 6) is -0.448. The minimum absolute atomic E-state index is 0.0663. The molecule has 1 N–H and O–H groups in total. The van der Waals surface area contributed by atoms with Crippen molar-refractivity contribution >= 4 is 32.9 Å². The zero-order valence-corrected chi connectivity index (χ0v) is 19.7. The number of hydrogen-bond acceptors (Lipinski definition) is 5. The van der Waals surface area contributed by atoms with Crippen LogP contribution in [0.25, 0.3) is 16.7 Å². The van der Waals surface area contributed by atoms with E-state index in [-0.39, 0.29) is 23.8 Å². The molecule has 4 aromatic rings. The largest absolute Gasteiger partial charge is 0.388 e. The van der Waals surface area contributed by atoms with Crippen molar-refractivity contribution in [3.8, 4) is 5.69 Å². The standard InChI is InChI=1S/C24H21BrFN5O3/c25-17-3-1-16(2-4-17)22(32)29-11-9-24(34,10-12-29)14-30-15-27-21-20(23(30)33)13-28-31(21)19-7-5-18(26)6-8-19/h1-8,13,15,34H,9-12,14H2. The first-order valence-corrected chi connectivity index (χ1v) is 11.6. The molecule has 0 unspecified atom stereocenters. The Labute approximate surface area is 202 Å². The van der Waals surface area contributed by atoms with Crippen LogP contribution >= 0.6 is 15.9 Å². The van der Waals surface area contributed by atoms with Gasteiger partial charge < -0.3 is 10.0 Å². The van der Waals surface area contributed by atoms with E-state index in [1.165, 1.54) is 33.9 Å². The number of carbonyl (C=O) groups excluding carboxylic acids is 1. The monoisotopic (exact) mass is 525 g/mol. The molecule has 174 valence electrons. The SMILES string of the molecule is O=C(c1ccc(Br)cc1)N1CCC(O)(Cn2cnc3c(cnn3-c3ccc(F)cc3)c2=O)CC1. The average Bonchev–Trinajstić information content (AvgIpc) is 3.27. The summed E-state index contributed by atoms with van der Waals surface area (Å²) >= 11 is 3.36. The minimum atomic E-state index is -1.14. The van der Waals surface area contributed by atoms with E-state index in [4.69, 9.17) is 0 Å². The summed E-state index contributed by atoms with van der Waals surface area (Å²) in [5, 5.41) is 15.7. The molecule has 0 saturated carbocycles. The van der Waals surface area contributed by atoms with Gasteiger partial charge in [-0.3, -0.25) is 14.2 Å². The van der Waals surface area contributed by atoms with Gasteiger partial charge in [0.2, 0.25) is 0 Å². The van der Waals surface area contributed by atoms with Crippen LogP contribution in [-0.4, -0.2) is 53.9 Å².